The number of hydrogen-bond acceptors (Lipinski definition) is 6. The molecule has 1 amide bonds. The minimum absolute atomic E-state index is 0.117. The maximum absolute atomic E-state index is 11.8. The number of carbonyl (C=O) groups excluding carboxylic acids is 2. The number of Topliss-reactive ketones (excluding diaryl/α,β-unsaturated/α-hetero) is 1. The van der Waals surface area contributed by atoms with Crippen LogP contribution >= 0.6 is 0 Å². The zero-order valence-electron chi connectivity index (χ0n) is 17.4. The van der Waals surface area contributed by atoms with Crippen LogP contribution in [-0.4, -0.2) is 42.0 Å². The predicted molar refractivity (Wildman–Crippen MR) is 121 cm³/mol. The van der Waals surface area contributed by atoms with Crippen LogP contribution in [0.1, 0.15) is 26.3 Å². The number of aliphatic hydroxyl groups is 1. The number of aliphatic hydroxyl groups excluding tert-OH is 1. The van der Waals surface area contributed by atoms with Gasteiger partial charge in [-0.2, -0.15) is 0 Å². The van der Waals surface area contributed by atoms with Crippen LogP contribution in [0.5, 0.6) is 5.75 Å². The van der Waals surface area contributed by atoms with Crippen molar-refractivity contribution in [2.75, 3.05) is 24.3 Å². The molecule has 0 aromatic heterocycles. The van der Waals surface area contributed by atoms with Crippen LogP contribution in [0, 0.1) is 0 Å². The minimum atomic E-state index is -1.02. The molecule has 32 heavy (non-hydrogen) atoms. The van der Waals surface area contributed by atoms with E-state index in [2.05, 4.69) is 10.6 Å². The number of amides is 1. The molecule has 166 valence electrons. The number of para-hydroxylation sites is 1. The number of aromatic carboxylic acids is 1. The van der Waals surface area contributed by atoms with Crippen molar-refractivity contribution in [1.29, 1.82) is 0 Å². The average molecular weight is 436 g/mol. The van der Waals surface area contributed by atoms with E-state index < -0.39 is 18.4 Å². The van der Waals surface area contributed by atoms with Gasteiger partial charge in [-0.05, 0) is 48.0 Å². The average Bonchev–Trinajstić information content (AvgIpc) is 2.84. The van der Waals surface area contributed by atoms with E-state index in [1.807, 2.05) is 37.4 Å². The van der Waals surface area contributed by atoms with Gasteiger partial charge < -0.3 is 25.6 Å². The third kappa shape index (κ3) is 7.26. The van der Waals surface area contributed by atoms with Gasteiger partial charge in [-0.1, -0.05) is 30.3 Å². The molecule has 0 spiro atoms. The molecule has 0 saturated heterocycles. The molecule has 0 atom stereocenters. The van der Waals surface area contributed by atoms with E-state index in [-0.39, 0.29) is 23.5 Å². The molecule has 0 saturated carbocycles. The molecular weight excluding hydrogens is 412 g/mol. The summed E-state index contributed by atoms with van der Waals surface area (Å²) < 4.78 is 5.58. The molecule has 0 aliphatic heterocycles. The van der Waals surface area contributed by atoms with Crippen LogP contribution in [-0.2, 0) is 11.4 Å². The van der Waals surface area contributed by atoms with Gasteiger partial charge in [0.25, 0.3) is 0 Å². The Kier molecular flexibility index (Phi) is 9.42. The first kappa shape index (κ1) is 24.1. The molecule has 0 fully saturated rings. The van der Waals surface area contributed by atoms with Crippen molar-refractivity contribution >= 4 is 29.5 Å². The first-order valence-electron chi connectivity index (χ1n) is 9.64. The van der Waals surface area contributed by atoms with Gasteiger partial charge in [-0.3, -0.25) is 9.59 Å². The highest BCUT2D eigenvalue weighted by Crippen LogP contribution is 2.24. The molecule has 4 N–H and O–H groups in total. The number of benzene rings is 3. The highest BCUT2D eigenvalue weighted by atomic mass is 16.5. The molecule has 0 heterocycles. The number of carboxylic acid groups (broad SMARTS) is 1. The number of carboxylic acids is 1. The molecular formula is C24H24N2O6. The van der Waals surface area contributed by atoms with E-state index in [4.69, 9.17) is 14.9 Å². The number of carbonyl (C=O) groups is 3. The third-order valence-corrected chi connectivity index (χ3v) is 4.31. The lowest BCUT2D eigenvalue weighted by atomic mass is 10.1. The minimum Gasteiger partial charge on any atom is -0.488 e. The number of nitrogens with one attached hydrogen (secondary N) is 2. The van der Waals surface area contributed by atoms with Crippen molar-refractivity contribution in [3.8, 4) is 5.75 Å². The summed E-state index contributed by atoms with van der Waals surface area (Å²) in [6.07, 6.45) is 0.479. The van der Waals surface area contributed by atoms with Crippen LogP contribution in [0.4, 0.5) is 11.4 Å². The molecule has 0 bridgehead atoms. The number of ether oxygens (including phenoxy) is 1. The van der Waals surface area contributed by atoms with Gasteiger partial charge in [0, 0.05) is 18.4 Å². The lowest BCUT2D eigenvalue weighted by molar-refractivity contribution is -0.105. The Morgan fingerprint density at radius 3 is 2.19 bits per heavy atom. The SMILES string of the molecule is CNc1ccccc1.O=CNc1ccc(OCc2ccc(C(=O)O)cc2)c(C(=O)CO)c1. The summed E-state index contributed by atoms with van der Waals surface area (Å²) in [5.41, 5.74) is 2.59. The highest BCUT2D eigenvalue weighted by Gasteiger charge is 2.13. The standard InChI is InChI=1S/C17H15NO6.C7H9N/c19-8-15(21)14-7-13(18-10-20)5-6-16(14)24-9-11-1-3-12(4-2-11)17(22)23;1-8-7-5-3-2-4-6-7/h1-7,10,19H,8-9H2,(H,18,20)(H,22,23);2-6,8H,1H3. The molecule has 0 unspecified atom stereocenters. The number of rotatable bonds is 9. The maximum Gasteiger partial charge on any atom is 0.335 e. The molecule has 0 aliphatic carbocycles. The van der Waals surface area contributed by atoms with Crippen molar-refractivity contribution in [2.45, 2.75) is 6.61 Å². The summed E-state index contributed by atoms with van der Waals surface area (Å²) in [6.45, 7) is -0.569. The van der Waals surface area contributed by atoms with Gasteiger partial charge in [-0.15, -0.1) is 0 Å². The molecule has 0 aliphatic rings. The number of hydrogen-bond donors (Lipinski definition) is 4. The molecule has 0 radical (unpaired) electrons. The first-order valence-corrected chi connectivity index (χ1v) is 9.64. The Morgan fingerprint density at radius 1 is 0.969 bits per heavy atom. The number of ketones is 1. The van der Waals surface area contributed by atoms with E-state index in [9.17, 15) is 14.4 Å². The first-order chi connectivity index (χ1) is 15.5. The van der Waals surface area contributed by atoms with Crippen molar-refractivity contribution in [3.63, 3.8) is 0 Å². The number of anilines is 2. The van der Waals surface area contributed by atoms with E-state index in [0.717, 1.165) is 11.3 Å². The monoisotopic (exact) mass is 436 g/mol. The molecule has 3 aromatic rings. The van der Waals surface area contributed by atoms with Crippen LogP contribution in [0.3, 0.4) is 0 Å². The van der Waals surface area contributed by atoms with Crippen LogP contribution in [0.25, 0.3) is 0 Å². The zero-order chi connectivity index (χ0) is 23.3. The van der Waals surface area contributed by atoms with E-state index in [1.165, 1.54) is 24.3 Å². The van der Waals surface area contributed by atoms with Crippen LogP contribution in [0.2, 0.25) is 0 Å². The zero-order valence-corrected chi connectivity index (χ0v) is 17.4. The molecule has 8 nitrogen and oxygen atoms in total. The predicted octanol–water partition coefficient (Wildman–Crippen LogP) is 3.44. The van der Waals surface area contributed by atoms with Gasteiger partial charge in [-0.25, -0.2) is 4.79 Å². The van der Waals surface area contributed by atoms with Crippen LogP contribution in [0.15, 0.2) is 72.8 Å². The van der Waals surface area contributed by atoms with Crippen molar-refractivity contribution < 1.29 is 29.3 Å². The van der Waals surface area contributed by atoms with E-state index in [1.54, 1.807) is 18.2 Å². The fourth-order valence-corrected chi connectivity index (χ4v) is 2.63. The summed E-state index contributed by atoms with van der Waals surface area (Å²) in [4.78, 5) is 33.1. The second-order valence-electron chi connectivity index (χ2n) is 6.46. The van der Waals surface area contributed by atoms with Gasteiger partial charge in [0.15, 0.2) is 5.78 Å². The molecule has 8 heteroatoms. The summed E-state index contributed by atoms with van der Waals surface area (Å²) in [5, 5.41) is 23.4. The summed E-state index contributed by atoms with van der Waals surface area (Å²) in [6, 6.07) is 20.7. The van der Waals surface area contributed by atoms with E-state index >= 15 is 0 Å². The van der Waals surface area contributed by atoms with Gasteiger partial charge in [0.05, 0.1) is 11.1 Å². The van der Waals surface area contributed by atoms with Crippen molar-refractivity contribution in [1.82, 2.24) is 0 Å². The molecule has 3 aromatic carbocycles. The summed E-state index contributed by atoms with van der Waals surface area (Å²) in [7, 11) is 1.91. The largest absolute Gasteiger partial charge is 0.488 e. The quantitative estimate of drug-likeness (QED) is 0.299. The Labute approximate surface area is 185 Å². The van der Waals surface area contributed by atoms with Gasteiger partial charge >= 0.3 is 5.97 Å². The normalized spacial score (nSPS) is 9.69. The van der Waals surface area contributed by atoms with Gasteiger partial charge in [0.1, 0.15) is 19.0 Å². The Balaban J connectivity index is 0.000000380. The summed E-state index contributed by atoms with van der Waals surface area (Å²) >= 11 is 0. The summed E-state index contributed by atoms with van der Waals surface area (Å²) in [5.74, 6) is -1.30. The fraction of sp³-hybridized carbons (Fsp3) is 0.125. The highest BCUT2D eigenvalue weighted by molar-refractivity contribution is 6.00. The second kappa shape index (κ2) is 12.5. The smallest absolute Gasteiger partial charge is 0.335 e. The Bertz CT molecular complexity index is 1040. The van der Waals surface area contributed by atoms with Crippen molar-refractivity contribution in [3.05, 3.63) is 89.5 Å². The lowest BCUT2D eigenvalue weighted by Crippen LogP contribution is -2.09. The topological polar surface area (TPSA) is 125 Å². The molecule has 3 rings (SSSR count). The lowest BCUT2D eigenvalue weighted by Gasteiger charge is -2.12. The second-order valence-corrected chi connectivity index (χ2v) is 6.46. The third-order valence-electron chi connectivity index (χ3n) is 4.31. The van der Waals surface area contributed by atoms with E-state index in [0.29, 0.717) is 12.1 Å². The van der Waals surface area contributed by atoms with Gasteiger partial charge in [0.2, 0.25) is 6.41 Å². The Hall–Kier alpha value is -4.17. The van der Waals surface area contributed by atoms with Crippen LogP contribution < -0.4 is 15.4 Å². The Morgan fingerprint density at radius 2 is 1.66 bits per heavy atom. The fourth-order valence-electron chi connectivity index (χ4n) is 2.63. The maximum atomic E-state index is 11.8. The van der Waals surface area contributed by atoms with Crippen molar-refractivity contribution in [2.24, 2.45) is 0 Å².